The smallest absolute Gasteiger partial charge is 0.329 e. The van der Waals surface area contributed by atoms with Crippen LogP contribution in [-0.2, 0) is 20.7 Å². The average Bonchev–Trinajstić information content (AvgIpc) is 3.12. The first-order valence-electron chi connectivity index (χ1n) is 9.74. The van der Waals surface area contributed by atoms with Gasteiger partial charge in [0.1, 0.15) is 6.04 Å². The fourth-order valence-corrected chi connectivity index (χ4v) is 2.62. The fourth-order valence-electron chi connectivity index (χ4n) is 2.62. The van der Waals surface area contributed by atoms with Crippen molar-refractivity contribution >= 4 is 36.7 Å². The predicted molar refractivity (Wildman–Crippen MR) is 116 cm³/mol. The SMILES string of the molecule is CCCCCCCCCCOC(=O)[C@H](Cc1c[nH]cn1)NC(=O)C(C)N.Cl.Cl. The van der Waals surface area contributed by atoms with Crippen molar-refractivity contribution in [3.05, 3.63) is 18.2 Å². The Labute approximate surface area is 180 Å². The van der Waals surface area contributed by atoms with Crippen molar-refractivity contribution in [2.75, 3.05) is 6.61 Å². The zero-order valence-corrected chi connectivity index (χ0v) is 18.6. The van der Waals surface area contributed by atoms with Crippen LogP contribution in [0.25, 0.3) is 0 Å². The number of nitrogens with two attached hydrogens (primary N) is 1. The number of ether oxygens (including phenoxy) is 1. The standard InChI is InChI=1S/C19H34N4O3.2ClH/c1-3-4-5-6-7-8-9-10-11-26-19(25)17(23-18(24)15(2)20)12-16-13-21-14-22-16;;/h13-15,17H,3-12,20H2,1-2H3,(H,21,22)(H,23,24);2*1H/t15?,17-;;/m0../s1. The summed E-state index contributed by atoms with van der Waals surface area (Å²) < 4.78 is 5.35. The van der Waals surface area contributed by atoms with Gasteiger partial charge in [-0.1, -0.05) is 51.9 Å². The number of aromatic nitrogens is 2. The number of unbranched alkanes of at least 4 members (excludes halogenated alkanes) is 7. The van der Waals surface area contributed by atoms with Crippen LogP contribution in [-0.4, -0.2) is 40.5 Å². The molecule has 9 heteroatoms. The number of aromatic amines is 1. The lowest BCUT2D eigenvalue weighted by Crippen LogP contribution is -2.49. The lowest BCUT2D eigenvalue weighted by molar-refractivity contribution is -0.148. The van der Waals surface area contributed by atoms with Gasteiger partial charge >= 0.3 is 5.97 Å². The zero-order chi connectivity index (χ0) is 19.2. The summed E-state index contributed by atoms with van der Waals surface area (Å²) in [6, 6.07) is -1.46. The van der Waals surface area contributed by atoms with Gasteiger partial charge in [-0.15, -0.1) is 24.8 Å². The third kappa shape index (κ3) is 13.0. The number of halogens is 2. The Bertz CT molecular complexity index is 513. The highest BCUT2D eigenvalue weighted by atomic mass is 35.5. The van der Waals surface area contributed by atoms with E-state index >= 15 is 0 Å². The van der Waals surface area contributed by atoms with E-state index in [-0.39, 0.29) is 37.1 Å². The van der Waals surface area contributed by atoms with Crippen LogP contribution in [0.3, 0.4) is 0 Å². The predicted octanol–water partition coefficient (Wildman–Crippen LogP) is 3.31. The van der Waals surface area contributed by atoms with Crippen molar-refractivity contribution in [2.45, 2.75) is 83.7 Å². The molecule has 0 radical (unpaired) electrons. The average molecular weight is 439 g/mol. The molecule has 0 saturated carbocycles. The molecule has 1 aromatic rings. The van der Waals surface area contributed by atoms with Crippen molar-refractivity contribution in [2.24, 2.45) is 5.73 Å². The summed E-state index contributed by atoms with van der Waals surface area (Å²) in [5.41, 5.74) is 6.25. The van der Waals surface area contributed by atoms with Gasteiger partial charge in [0.05, 0.1) is 24.7 Å². The maximum atomic E-state index is 12.3. The number of hydrogen-bond donors (Lipinski definition) is 3. The van der Waals surface area contributed by atoms with Crippen LogP contribution < -0.4 is 11.1 Å². The molecule has 28 heavy (non-hydrogen) atoms. The number of hydrogen-bond acceptors (Lipinski definition) is 5. The van der Waals surface area contributed by atoms with Crippen molar-refractivity contribution in [3.8, 4) is 0 Å². The highest BCUT2D eigenvalue weighted by Gasteiger charge is 2.24. The normalized spacial score (nSPS) is 12.2. The highest BCUT2D eigenvalue weighted by molar-refractivity contribution is 5.87. The van der Waals surface area contributed by atoms with Gasteiger partial charge in [-0.05, 0) is 13.3 Å². The first-order valence-corrected chi connectivity index (χ1v) is 9.74. The van der Waals surface area contributed by atoms with Crippen LogP contribution in [0.4, 0.5) is 0 Å². The maximum Gasteiger partial charge on any atom is 0.329 e. The molecule has 0 aliphatic heterocycles. The molecule has 1 amide bonds. The van der Waals surface area contributed by atoms with Gasteiger partial charge < -0.3 is 20.8 Å². The molecule has 0 saturated heterocycles. The molecule has 0 aromatic carbocycles. The minimum absolute atomic E-state index is 0. The molecule has 1 heterocycles. The molecule has 4 N–H and O–H groups in total. The zero-order valence-electron chi connectivity index (χ0n) is 16.9. The molecule has 164 valence electrons. The van der Waals surface area contributed by atoms with E-state index in [9.17, 15) is 9.59 Å². The van der Waals surface area contributed by atoms with Crippen LogP contribution in [0, 0.1) is 0 Å². The third-order valence-corrected chi connectivity index (χ3v) is 4.22. The van der Waals surface area contributed by atoms with Crippen molar-refractivity contribution in [1.82, 2.24) is 15.3 Å². The Morgan fingerprint density at radius 3 is 2.29 bits per heavy atom. The maximum absolute atomic E-state index is 12.3. The van der Waals surface area contributed by atoms with E-state index < -0.39 is 18.1 Å². The molecular weight excluding hydrogens is 403 g/mol. The molecule has 0 spiro atoms. The summed E-state index contributed by atoms with van der Waals surface area (Å²) in [5.74, 6) is -0.820. The van der Waals surface area contributed by atoms with Gasteiger partial charge in [0.2, 0.25) is 5.91 Å². The second-order valence-corrected chi connectivity index (χ2v) is 6.76. The summed E-state index contributed by atoms with van der Waals surface area (Å²) in [5, 5.41) is 2.64. The van der Waals surface area contributed by atoms with Gasteiger partial charge in [-0.25, -0.2) is 9.78 Å². The molecule has 7 nitrogen and oxygen atoms in total. The Kier molecular flexibility index (Phi) is 18.3. The number of nitrogens with one attached hydrogen (secondary N) is 2. The quantitative estimate of drug-likeness (QED) is 0.304. The van der Waals surface area contributed by atoms with Gasteiger partial charge in [-0.2, -0.15) is 0 Å². The van der Waals surface area contributed by atoms with Crippen molar-refractivity contribution in [1.29, 1.82) is 0 Å². The molecule has 1 rings (SSSR count). The molecule has 0 aliphatic rings. The number of imidazole rings is 1. The molecule has 1 unspecified atom stereocenters. The second-order valence-electron chi connectivity index (χ2n) is 6.76. The largest absolute Gasteiger partial charge is 0.464 e. The third-order valence-electron chi connectivity index (χ3n) is 4.22. The second kappa shape index (κ2) is 17.8. The molecule has 2 atom stereocenters. The summed E-state index contributed by atoms with van der Waals surface area (Å²) in [7, 11) is 0. The number of carbonyl (C=O) groups is 2. The van der Waals surface area contributed by atoms with E-state index in [4.69, 9.17) is 10.5 Å². The molecule has 0 aliphatic carbocycles. The molecular formula is C19H36Cl2N4O3. The van der Waals surface area contributed by atoms with Crippen LogP contribution in [0.15, 0.2) is 12.5 Å². The molecule has 0 fully saturated rings. The van der Waals surface area contributed by atoms with E-state index in [0.717, 1.165) is 12.8 Å². The van der Waals surface area contributed by atoms with Crippen LogP contribution in [0.5, 0.6) is 0 Å². The first kappa shape index (κ1) is 28.9. The van der Waals surface area contributed by atoms with Crippen LogP contribution in [0.2, 0.25) is 0 Å². The van der Waals surface area contributed by atoms with Crippen LogP contribution >= 0.6 is 24.8 Å². The Morgan fingerprint density at radius 1 is 1.14 bits per heavy atom. The monoisotopic (exact) mass is 438 g/mol. The Morgan fingerprint density at radius 2 is 1.75 bits per heavy atom. The minimum Gasteiger partial charge on any atom is -0.464 e. The summed E-state index contributed by atoms with van der Waals surface area (Å²) in [6.07, 6.45) is 12.9. The summed E-state index contributed by atoms with van der Waals surface area (Å²) in [4.78, 5) is 31.1. The van der Waals surface area contributed by atoms with E-state index in [1.807, 2.05) is 0 Å². The number of carbonyl (C=O) groups excluding carboxylic acids is 2. The van der Waals surface area contributed by atoms with E-state index in [2.05, 4.69) is 22.2 Å². The van der Waals surface area contributed by atoms with Crippen molar-refractivity contribution < 1.29 is 14.3 Å². The fraction of sp³-hybridized carbons (Fsp3) is 0.737. The number of amides is 1. The van der Waals surface area contributed by atoms with E-state index in [1.54, 1.807) is 13.1 Å². The first-order chi connectivity index (χ1) is 12.5. The van der Waals surface area contributed by atoms with Crippen molar-refractivity contribution in [3.63, 3.8) is 0 Å². The number of nitrogens with zero attached hydrogens (tertiary/aromatic N) is 1. The Balaban J connectivity index is 0. The van der Waals surface area contributed by atoms with Gasteiger partial charge in [0, 0.05) is 12.6 Å². The molecule has 0 bridgehead atoms. The number of esters is 1. The van der Waals surface area contributed by atoms with Gasteiger partial charge in [0.25, 0.3) is 0 Å². The molecule has 1 aromatic heterocycles. The number of rotatable bonds is 14. The van der Waals surface area contributed by atoms with E-state index in [1.165, 1.54) is 44.9 Å². The van der Waals surface area contributed by atoms with E-state index in [0.29, 0.717) is 12.3 Å². The van der Waals surface area contributed by atoms with Gasteiger partial charge in [-0.3, -0.25) is 4.79 Å². The summed E-state index contributed by atoms with van der Waals surface area (Å²) in [6.45, 7) is 4.16. The topological polar surface area (TPSA) is 110 Å². The van der Waals surface area contributed by atoms with Gasteiger partial charge in [0.15, 0.2) is 0 Å². The highest BCUT2D eigenvalue weighted by Crippen LogP contribution is 2.09. The number of H-pyrrole nitrogens is 1. The van der Waals surface area contributed by atoms with Crippen LogP contribution in [0.1, 0.15) is 70.9 Å². The minimum atomic E-state index is -0.772. The summed E-state index contributed by atoms with van der Waals surface area (Å²) >= 11 is 0. The lowest BCUT2D eigenvalue weighted by atomic mass is 10.1. The lowest BCUT2D eigenvalue weighted by Gasteiger charge is -2.18. The Hall–Kier alpha value is -1.31.